The lowest BCUT2D eigenvalue weighted by atomic mass is 9.97. The van der Waals surface area contributed by atoms with Crippen molar-refractivity contribution in [3.63, 3.8) is 0 Å². The van der Waals surface area contributed by atoms with Crippen molar-refractivity contribution in [2.75, 3.05) is 10.6 Å². The van der Waals surface area contributed by atoms with Gasteiger partial charge in [-0.25, -0.2) is 0 Å². The van der Waals surface area contributed by atoms with Gasteiger partial charge < -0.3 is 15.4 Å². The zero-order valence-corrected chi connectivity index (χ0v) is 17.4. The Labute approximate surface area is 189 Å². The Bertz CT molecular complexity index is 1290. The van der Waals surface area contributed by atoms with Crippen LogP contribution in [0.15, 0.2) is 97.3 Å². The van der Waals surface area contributed by atoms with Crippen molar-refractivity contribution in [2.24, 2.45) is 0 Å². The number of ether oxygens (including phenoxy) is 1. The second kappa shape index (κ2) is 7.08. The van der Waals surface area contributed by atoms with Crippen LogP contribution in [0.4, 0.5) is 11.4 Å². The number of hydrogen-bond donors (Lipinski definition) is 2. The summed E-state index contributed by atoms with van der Waals surface area (Å²) in [6.07, 6.45) is 3.18. The summed E-state index contributed by atoms with van der Waals surface area (Å²) in [6.45, 7) is 0. The van der Waals surface area contributed by atoms with Crippen molar-refractivity contribution in [3.8, 4) is 0 Å². The van der Waals surface area contributed by atoms with Crippen LogP contribution in [-0.4, -0.2) is 21.5 Å². The third kappa shape index (κ3) is 2.73. The number of anilines is 2. The molecule has 0 saturated heterocycles. The van der Waals surface area contributed by atoms with Gasteiger partial charge in [0.1, 0.15) is 11.4 Å². The van der Waals surface area contributed by atoms with Crippen molar-refractivity contribution in [2.45, 2.75) is 11.4 Å². The topological polar surface area (TPSA) is 93.2 Å². The van der Waals surface area contributed by atoms with Crippen molar-refractivity contribution in [1.29, 1.82) is 0 Å². The Balaban J connectivity index is 1.57. The summed E-state index contributed by atoms with van der Waals surface area (Å²) in [7, 11) is 0. The molecule has 6 rings (SSSR count). The normalized spacial score (nSPS) is 22.9. The van der Waals surface area contributed by atoms with Crippen LogP contribution in [0.25, 0.3) is 0 Å². The fourth-order valence-corrected chi connectivity index (χ4v) is 4.43. The van der Waals surface area contributed by atoms with Crippen LogP contribution in [0.1, 0.15) is 32.1 Å². The summed E-state index contributed by atoms with van der Waals surface area (Å²) < 4.78 is 6.66. The van der Waals surface area contributed by atoms with Crippen LogP contribution < -0.4 is 10.6 Å². The van der Waals surface area contributed by atoms with E-state index >= 15 is 0 Å². The van der Waals surface area contributed by atoms with E-state index in [0.717, 1.165) is 0 Å². The summed E-state index contributed by atoms with van der Waals surface area (Å²) in [5.74, 6) is -0.671. The molecular weight excluding hydrogens is 416 g/mol. The molecule has 2 atom stereocenters. The zero-order chi connectivity index (χ0) is 22.5. The average molecular weight is 434 g/mol. The summed E-state index contributed by atoms with van der Waals surface area (Å²) >= 11 is 0. The van der Waals surface area contributed by atoms with Gasteiger partial charge in [0.05, 0.1) is 0 Å². The smallest absolute Gasteiger partial charge is 0.250 e. The molecule has 0 spiro atoms. The maximum Gasteiger partial charge on any atom is 0.250 e. The molecule has 0 bridgehead atoms. The Morgan fingerprint density at radius 2 is 1.00 bits per heavy atom. The van der Waals surface area contributed by atoms with E-state index < -0.39 is 11.4 Å². The second-order valence-corrected chi connectivity index (χ2v) is 7.89. The molecule has 0 amide bonds. The Morgan fingerprint density at radius 3 is 1.39 bits per heavy atom. The van der Waals surface area contributed by atoms with Gasteiger partial charge in [0.15, 0.2) is 0 Å². The standard InChI is InChI=1S/C26H18N4O3/c31-23-17-9-1-3-11-19(17)29-25(23,21-13-5-7-15-27-21)33-26(22-14-6-8-16-28-22)24(32)18-10-2-4-12-20(18)30-26/h1-16,29-30H/t25-,26+. The first-order valence-corrected chi connectivity index (χ1v) is 10.5. The number of ketones is 2. The predicted molar refractivity (Wildman–Crippen MR) is 122 cm³/mol. The molecule has 2 aromatic heterocycles. The van der Waals surface area contributed by atoms with Crippen molar-refractivity contribution in [3.05, 3.63) is 120 Å². The van der Waals surface area contributed by atoms with Crippen LogP contribution in [-0.2, 0) is 16.2 Å². The predicted octanol–water partition coefficient (Wildman–Crippen LogP) is 4.12. The zero-order valence-electron chi connectivity index (χ0n) is 17.4. The number of carbonyl (C=O) groups excluding carboxylic acids is 2. The first-order valence-electron chi connectivity index (χ1n) is 10.5. The summed E-state index contributed by atoms with van der Waals surface area (Å²) in [5, 5.41) is 6.46. The van der Waals surface area contributed by atoms with Gasteiger partial charge in [0, 0.05) is 34.9 Å². The molecule has 33 heavy (non-hydrogen) atoms. The molecule has 7 nitrogen and oxygen atoms in total. The highest BCUT2D eigenvalue weighted by Crippen LogP contribution is 2.48. The first kappa shape index (κ1) is 19.3. The number of aromatic nitrogens is 2. The molecule has 160 valence electrons. The number of rotatable bonds is 4. The average Bonchev–Trinajstić information content (AvgIpc) is 3.33. The number of pyridine rings is 2. The third-order valence-electron chi connectivity index (χ3n) is 5.96. The molecule has 0 fully saturated rings. The summed E-state index contributed by atoms with van der Waals surface area (Å²) in [6, 6.07) is 24.8. The Kier molecular flexibility index (Phi) is 4.15. The third-order valence-corrected chi connectivity index (χ3v) is 5.96. The largest absolute Gasteiger partial charge is 0.345 e. The maximum absolute atomic E-state index is 13.9. The minimum atomic E-state index is -1.74. The van der Waals surface area contributed by atoms with E-state index in [1.165, 1.54) is 0 Å². The van der Waals surface area contributed by atoms with E-state index in [2.05, 4.69) is 20.6 Å². The lowest BCUT2D eigenvalue weighted by Gasteiger charge is -2.37. The minimum absolute atomic E-state index is 0.335. The molecule has 0 unspecified atom stereocenters. The molecule has 0 aliphatic carbocycles. The molecule has 0 radical (unpaired) electrons. The van der Waals surface area contributed by atoms with Gasteiger partial charge in [0.2, 0.25) is 23.0 Å². The van der Waals surface area contributed by atoms with Gasteiger partial charge in [-0.05, 0) is 48.5 Å². The fourth-order valence-electron chi connectivity index (χ4n) is 4.43. The van der Waals surface area contributed by atoms with Gasteiger partial charge >= 0.3 is 0 Å². The highest BCUT2D eigenvalue weighted by molar-refractivity contribution is 6.15. The van der Waals surface area contributed by atoms with E-state index in [1.54, 1.807) is 85.2 Å². The highest BCUT2D eigenvalue weighted by atomic mass is 16.6. The van der Waals surface area contributed by atoms with Gasteiger partial charge in [0.25, 0.3) is 0 Å². The molecule has 2 aliphatic rings. The first-order chi connectivity index (χ1) is 16.1. The molecule has 2 N–H and O–H groups in total. The van der Waals surface area contributed by atoms with Crippen LogP contribution in [0.5, 0.6) is 0 Å². The van der Waals surface area contributed by atoms with Crippen molar-refractivity contribution in [1.82, 2.24) is 9.97 Å². The van der Waals surface area contributed by atoms with Gasteiger partial charge in [-0.3, -0.25) is 19.6 Å². The van der Waals surface area contributed by atoms with Gasteiger partial charge in [-0.15, -0.1) is 0 Å². The van der Waals surface area contributed by atoms with Crippen LogP contribution in [0.3, 0.4) is 0 Å². The SMILES string of the molecule is O=C1c2ccccc2N[C@@]1(O[C@]1(c2ccccn2)Nc2ccccc2C1=O)c1ccccn1. The Hall–Kier alpha value is -4.36. The summed E-state index contributed by atoms with van der Waals surface area (Å²) in [4.78, 5) is 36.6. The molecule has 2 aliphatic heterocycles. The number of carbonyl (C=O) groups is 2. The monoisotopic (exact) mass is 434 g/mol. The summed E-state index contributed by atoms with van der Waals surface area (Å²) in [5.41, 5.74) is -0.677. The highest BCUT2D eigenvalue weighted by Gasteiger charge is 2.60. The van der Waals surface area contributed by atoms with Crippen LogP contribution in [0, 0.1) is 0 Å². The number of hydrogen-bond acceptors (Lipinski definition) is 7. The van der Waals surface area contributed by atoms with E-state index in [4.69, 9.17) is 4.74 Å². The Morgan fingerprint density at radius 1 is 0.576 bits per heavy atom. The van der Waals surface area contributed by atoms with E-state index in [1.807, 2.05) is 12.1 Å². The van der Waals surface area contributed by atoms with Gasteiger partial charge in [-0.2, -0.15) is 0 Å². The van der Waals surface area contributed by atoms with Crippen LogP contribution >= 0.6 is 0 Å². The molecule has 7 heteroatoms. The quantitative estimate of drug-likeness (QED) is 0.499. The van der Waals surface area contributed by atoms with E-state index in [9.17, 15) is 9.59 Å². The lowest BCUT2D eigenvalue weighted by molar-refractivity contribution is -0.0941. The van der Waals surface area contributed by atoms with Gasteiger partial charge in [-0.1, -0.05) is 36.4 Å². The molecule has 4 aromatic rings. The molecule has 0 saturated carbocycles. The molecule has 2 aromatic carbocycles. The second-order valence-electron chi connectivity index (χ2n) is 7.89. The van der Waals surface area contributed by atoms with E-state index in [0.29, 0.717) is 33.9 Å². The van der Waals surface area contributed by atoms with Crippen LogP contribution in [0.2, 0.25) is 0 Å². The number of nitrogens with zero attached hydrogens (tertiary/aromatic N) is 2. The number of benzene rings is 2. The number of para-hydroxylation sites is 2. The number of nitrogens with one attached hydrogen (secondary N) is 2. The number of fused-ring (bicyclic) bond motifs is 2. The van der Waals surface area contributed by atoms with E-state index in [-0.39, 0.29) is 11.6 Å². The van der Waals surface area contributed by atoms with Crippen molar-refractivity contribution >= 4 is 22.9 Å². The fraction of sp³-hybridized carbons (Fsp3) is 0.0769. The molecule has 4 heterocycles. The lowest BCUT2D eigenvalue weighted by Crippen LogP contribution is -2.54. The van der Waals surface area contributed by atoms with Crippen molar-refractivity contribution < 1.29 is 14.3 Å². The molecular formula is C26H18N4O3. The number of Topliss-reactive ketones (excluding diaryl/α,β-unsaturated/α-hetero) is 2. The minimum Gasteiger partial charge on any atom is -0.345 e. The maximum atomic E-state index is 13.9.